The van der Waals surface area contributed by atoms with Gasteiger partial charge in [0, 0.05) is 33.7 Å². The predicted octanol–water partition coefficient (Wildman–Crippen LogP) is 0.104. The fourth-order valence-corrected chi connectivity index (χ4v) is 1.78. The number of carbonyl (C=O) groups is 2. The molecule has 0 aromatic carbocycles. The van der Waals surface area contributed by atoms with Gasteiger partial charge in [-0.15, -0.1) is 0 Å². The van der Waals surface area contributed by atoms with E-state index in [9.17, 15) is 9.59 Å². The summed E-state index contributed by atoms with van der Waals surface area (Å²) >= 11 is 0. The van der Waals surface area contributed by atoms with E-state index in [0.717, 1.165) is 25.9 Å². The van der Waals surface area contributed by atoms with Crippen LogP contribution in [0.2, 0.25) is 0 Å². The fraction of sp³-hybridized carbons (Fsp3) is 0.818. The van der Waals surface area contributed by atoms with Crippen LogP contribution in [0.1, 0.15) is 19.8 Å². The van der Waals surface area contributed by atoms with Crippen LogP contribution in [0.15, 0.2) is 0 Å². The van der Waals surface area contributed by atoms with Gasteiger partial charge in [-0.2, -0.15) is 0 Å². The fourth-order valence-electron chi connectivity index (χ4n) is 1.78. The summed E-state index contributed by atoms with van der Waals surface area (Å²) in [4.78, 5) is 26.5. The molecule has 0 aromatic rings. The number of hydrogen-bond donors (Lipinski definition) is 0. The van der Waals surface area contributed by atoms with Crippen molar-refractivity contribution in [3.63, 3.8) is 0 Å². The van der Waals surface area contributed by atoms with E-state index >= 15 is 0 Å². The maximum Gasteiger partial charge on any atom is 0.242 e. The van der Waals surface area contributed by atoms with Crippen LogP contribution in [0.5, 0.6) is 0 Å². The number of likely N-dealkylation sites (tertiary alicyclic amines) is 1. The molecular weight excluding hydrogens is 208 g/mol. The molecule has 1 fully saturated rings. The summed E-state index contributed by atoms with van der Waals surface area (Å²) in [6, 6.07) is 0. The lowest BCUT2D eigenvalue weighted by molar-refractivity contribution is -0.139. The van der Waals surface area contributed by atoms with Crippen LogP contribution in [0.3, 0.4) is 0 Å². The van der Waals surface area contributed by atoms with Crippen molar-refractivity contribution >= 4 is 11.8 Å². The van der Waals surface area contributed by atoms with Gasteiger partial charge >= 0.3 is 0 Å². The number of carbonyl (C=O) groups excluding carboxylic acids is 2. The maximum atomic E-state index is 11.8. The Bertz CT molecular complexity index is 250. The second kappa shape index (κ2) is 6.48. The molecule has 0 radical (unpaired) electrons. The van der Waals surface area contributed by atoms with E-state index < -0.39 is 0 Å². The Labute approximate surface area is 96.3 Å². The van der Waals surface area contributed by atoms with Crippen molar-refractivity contribution in [2.24, 2.45) is 0 Å². The molecule has 0 atom stereocenters. The Hall–Kier alpha value is -1.10. The molecule has 1 aliphatic rings. The Kier molecular flexibility index (Phi) is 5.25. The minimum atomic E-state index is -0.0791. The van der Waals surface area contributed by atoms with Gasteiger partial charge < -0.3 is 14.5 Å². The van der Waals surface area contributed by atoms with Crippen LogP contribution in [0.25, 0.3) is 0 Å². The minimum absolute atomic E-state index is 0.0452. The Morgan fingerprint density at radius 1 is 1.31 bits per heavy atom. The Balaban J connectivity index is 2.40. The average Bonchev–Trinajstić information content (AvgIpc) is 2.76. The van der Waals surface area contributed by atoms with E-state index in [2.05, 4.69) is 0 Å². The second-order valence-electron chi connectivity index (χ2n) is 4.02. The third-order valence-electron chi connectivity index (χ3n) is 2.80. The summed E-state index contributed by atoms with van der Waals surface area (Å²) in [7, 11) is 1.58. The lowest BCUT2D eigenvalue weighted by atomic mass is 10.4. The molecule has 16 heavy (non-hydrogen) atoms. The highest BCUT2D eigenvalue weighted by Crippen LogP contribution is 2.08. The Morgan fingerprint density at radius 2 is 1.94 bits per heavy atom. The summed E-state index contributed by atoms with van der Waals surface area (Å²) in [6.45, 7) is 4.26. The van der Waals surface area contributed by atoms with Crippen molar-refractivity contribution < 1.29 is 14.3 Å². The molecule has 0 spiro atoms. The molecular formula is C11H20N2O3. The van der Waals surface area contributed by atoms with Gasteiger partial charge in [0.15, 0.2) is 0 Å². The van der Waals surface area contributed by atoms with Gasteiger partial charge in [-0.05, 0) is 12.8 Å². The first-order valence-electron chi connectivity index (χ1n) is 5.67. The molecule has 0 saturated carbocycles. The highest BCUT2D eigenvalue weighted by molar-refractivity contribution is 5.84. The number of ether oxygens (including phenoxy) is 1. The molecule has 92 valence electrons. The summed E-state index contributed by atoms with van der Waals surface area (Å²) in [6.07, 6.45) is 2.15. The van der Waals surface area contributed by atoms with Crippen molar-refractivity contribution in [3.8, 4) is 0 Å². The SMILES string of the molecule is COCCN(CC(=O)N1CCCC1)C(C)=O. The summed E-state index contributed by atoms with van der Waals surface area (Å²) in [5.74, 6) is -0.0339. The van der Waals surface area contributed by atoms with Gasteiger partial charge in [0.2, 0.25) is 11.8 Å². The molecule has 0 bridgehead atoms. The zero-order valence-corrected chi connectivity index (χ0v) is 10.1. The topological polar surface area (TPSA) is 49.9 Å². The number of rotatable bonds is 5. The zero-order chi connectivity index (χ0) is 12.0. The number of methoxy groups -OCH3 is 1. The van der Waals surface area contributed by atoms with Crippen molar-refractivity contribution in [3.05, 3.63) is 0 Å². The zero-order valence-electron chi connectivity index (χ0n) is 10.1. The molecule has 1 heterocycles. The van der Waals surface area contributed by atoms with Crippen molar-refractivity contribution in [2.45, 2.75) is 19.8 Å². The average molecular weight is 228 g/mol. The maximum absolute atomic E-state index is 11.8. The highest BCUT2D eigenvalue weighted by atomic mass is 16.5. The van der Waals surface area contributed by atoms with Gasteiger partial charge in [-0.25, -0.2) is 0 Å². The van der Waals surface area contributed by atoms with Crippen LogP contribution in [0, 0.1) is 0 Å². The van der Waals surface area contributed by atoms with E-state index in [-0.39, 0.29) is 18.4 Å². The van der Waals surface area contributed by atoms with Gasteiger partial charge in [0.25, 0.3) is 0 Å². The Morgan fingerprint density at radius 3 is 2.44 bits per heavy atom. The van der Waals surface area contributed by atoms with Gasteiger partial charge in [0.05, 0.1) is 13.2 Å². The third kappa shape index (κ3) is 3.81. The normalized spacial score (nSPS) is 15.2. The molecule has 0 N–H and O–H groups in total. The largest absolute Gasteiger partial charge is 0.383 e. The smallest absolute Gasteiger partial charge is 0.242 e. The van der Waals surface area contributed by atoms with E-state index in [1.165, 1.54) is 11.8 Å². The second-order valence-corrected chi connectivity index (χ2v) is 4.02. The number of nitrogens with zero attached hydrogens (tertiary/aromatic N) is 2. The monoisotopic (exact) mass is 228 g/mol. The first-order chi connectivity index (χ1) is 7.65. The first kappa shape index (κ1) is 13.0. The molecule has 5 heteroatoms. The highest BCUT2D eigenvalue weighted by Gasteiger charge is 2.21. The summed E-state index contributed by atoms with van der Waals surface area (Å²) < 4.78 is 4.91. The van der Waals surface area contributed by atoms with Gasteiger partial charge in [-0.1, -0.05) is 0 Å². The minimum Gasteiger partial charge on any atom is -0.383 e. The summed E-state index contributed by atoms with van der Waals surface area (Å²) in [5.41, 5.74) is 0. The lowest BCUT2D eigenvalue weighted by Crippen LogP contribution is -2.42. The van der Waals surface area contributed by atoms with Crippen LogP contribution in [-0.4, -0.2) is 61.5 Å². The van der Waals surface area contributed by atoms with Crippen LogP contribution in [0.4, 0.5) is 0 Å². The molecule has 0 unspecified atom stereocenters. The molecule has 5 nitrogen and oxygen atoms in total. The molecule has 0 aromatic heterocycles. The van der Waals surface area contributed by atoms with E-state index in [4.69, 9.17) is 4.74 Å². The van der Waals surface area contributed by atoms with Crippen LogP contribution >= 0.6 is 0 Å². The molecule has 1 saturated heterocycles. The van der Waals surface area contributed by atoms with E-state index in [1.54, 1.807) is 7.11 Å². The summed E-state index contributed by atoms with van der Waals surface area (Å²) in [5, 5.41) is 0. The number of hydrogen-bond acceptors (Lipinski definition) is 3. The van der Waals surface area contributed by atoms with Crippen molar-refractivity contribution in [2.75, 3.05) is 39.9 Å². The molecule has 1 aliphatic heterocycles. The van der Waals surface area contributed by atoms with Crippen LogP contribution in [-0.2, 0) is 14.3 Å². The molecule has 1 rings (SSSR count). The van der Waals surface area contributed by atoms with Gasteiger partial charge in [-0.3, -0.25) is 9.59 Å². The standard InChI is InChI=1S/C11H20N2O3/c1-10(14)13(7-8-16-2)9-11(15)12-5-3-4-6-12/h3-9H2,1-2H3. The van der Waals surface area contributed by atoms with Crippen molar-refractivity contribution in [1.29, 1.82) is 0 Å². The predicted molar refractivity (Wildman–Crippen MR) is 59.9 cm³/mol. The van der Waals surface area contributed by atoms with Crippen molar-refractivity contribution in [1.82, 2.24) is 9.80 Å². The van der Waals surface area contributed by atoms with E-state index in [1.807, 2.05) is 4.90 Å². The lowest BCUT2D eigenvalue weighted by Gasteiger charge is -2.23. The molecule has 0 aliphatic carbocycles. The first-order valence-corrected chi connectivity index (χ1v) is 5.67. The quantitative estimate of drug-likeness (QED) is 0.671. The van der Waals surface area contributed by atoms with Crippen LogP contribution < -0.4 is 0 Å². The number of amides is 2. The third-order valence-corrected chi connectivity index (χ3v) is 2.80. The molecule has 2 amide bonds. The van der Waals surface area contributed by atoms with E-state index in [0.29, 0.717) is 13.2 Å². The van der Waals surface area contributed by atoms with Gasteiger partial charge in [0.1, 0.15) is 0 Å².